The highest BCUT2D eigenvalue weighted by molar-refractivity contribution is 4.91. The molecule has 3 aliphatic rings. The van der Waals surface area contributed by atoms with Crippen LogP contribution in [0.3, 0.4) is 0 Å². The van der Waals surface area contributed by atoms with Crippen molar-refractivity contribution in [3.63, 3.8) is 0 Å². The Labute approximate surface area is 60.5 Å². The van der Waals surface area contributed by atoms with Gasteiger partial charge in [0.25, 0.3) is 0 Å². The lowest BCUT2D eigenvalue weighted by molar-refractivity contribution is -0.120. The summed E-state index contributed by atoms with van der Waals surface area (Å²) in [6.07, 6.45) is 4.63. The van der Waals surface area contributed by atoms with Crippen LogP contribution < -0.4 is 0 Å². The van der Waals surface area contributed by atoms with E-state index < -0.39 is 0 Å². The molecule has 4 atom stereocenters. The van der Waals surface area contributed by atoms with Crippen LogP contribution in [0, 0.1) is 11.8 Å². The van der Waals surface area contributed by atoms with Gasteiger partial charge in [-0.3, -0.25) is 0 Å². The van der Waals surface area contributed by atoms with Crippen LogP contribution in [-0.4, -0.2) is 19.0 Å². The average Bonchev–Trinajstić information content (AvgIpc) is 2.38. The molecule has 0 spiro atoms. The van der Waals surface area contributed by atoms with Crippen molar-refractivity contribution in [2.45, 2.75) is 31.7 Å². The summed E-state index contributed by atoms with van der Waals surface area (Å²) in [5, 5.41) is 0. The zero-order valence-corrected chi connectivity index (χ0v) is 5.95. The maximum atomic E-state index is 5.65. The fourth-order valence-electron chi connectivity index (χ4n) is 2.56. The van der Waals surface area contributed by atoms with Gasteiger partial charge in [-0.05, 0) is 25.2 Å². The lowest BCUT2D eigenvalue weighted by atomic mass is 9.82. The monoisotopic (exact) mass is 140 g/mol. The van der Waals surface area contributed by atoms with Crippen LogP contribution in [0.4, 0.5) is 0 Å². The first-order valence-corrected chi connectivity index (χ1v) is 4.20. The highest BCUT2D eigenvalue weighted by Gasteiger charge is 2.48. The fraction of sp³-hybridized carbons (Fsp3) is 1.00. The summed E-state index contributed by atoms with van der Waals surface area (Å²) in [4.78, 5) is 0. The summed E-state index contributed by atoms with van der Waals surface area (Å²) in [6, 6.07) is 0. The summed E-state index contributed by atoms with van der Waals surface area (Å²) < 4.78 is 11.1. The van der Waals surface area contributed by atoms with Crippen LogP contribution >= 0.6 is 0 Å². The third-order valence-corrected chi connectivity index (χ3v) is 3.15. The van der Waals surface area contributed by atoms with E-state index >= 15 is 0 Å². The Hall–Kier alpha value is -0.0800. The summed E-state index contributed by atoms with van der Waals surface area (Å²) in [6.45, 7) is 0.960. The standard InChI is InChI=1S/C8H12O2/c1-2-6-3-7-5(1)4-9-8(7)10-6/h5-8H,1-4H2/t5-,6?,7-,8-/m1/s1. The molecule has 0 amide bonds. The third-order valence-electron chi connectivity index (χ3n) is 3.15. The van der Waals surface area contributed by atoms with E-state index in [1.165, 1.54) is 19.3 Å². The van der Waals surface area contributed by atoms with E-state index in [0.717, 1.165) is 18.4 Å². The van der Waals surface area contributed by atoms with E-state index in [4.69, 9.17) is 9.47 Å². The van der Waals surface area contributed by atoms with E-state index in [-0.39, 0.29) is 6.29 Å². The molecule has 3 rings (SSSR count). The van der Waals surface area contributed by atoms with Crippen molar-refractivity contribution in [2.24, 2.45) is 11.8 Å². The second-order valence-electron chi connectivity index (χ2n) is 3.70. The van der Waals surface area contributed by atoms with E-state index in [1.807, 2.05) is 0 Å². The molecule has 0 aromatic rings. The molecule has 2 saturated heterocycles. The third kappa shape index (κ3) is 0.565. The maximum Gasteiger partial charge on any atom is 0.161 e. The molecule has 0 radical (unpaired) electrons. The van der Waals surface area contributed by atoms with Gasteiger partial charge >= 0.3 is 0 Å². The van der Waals surface area contributed by atoms with Gasteiger partial charge in [0.15, 0.2) is 6.29 Å². The van der Waals surface area contributed by atoms with Gasteiger partial charge in [-0.15, -0.1) is 0 Å². The van der Waals surface area contributed by atoms with Crippen LogP contribution in [0.15, 0.2) is 0 Å². The molecule has 0 aromatic heterocycles. The minimum absolute atomic E-state index is 0.192. The van der Waals surface area contributed by atoms with Crippen molar-refractivity contribution in [1.29, 1.82) is 0 Å². The van der Waals surface area contributed by atoms with Crippen LogP contribution in [0.5, 0.6) is 0 Å². The zero-order valence-electron chi connectivity index (χ0n) is 5.95. The Morgan fingerprint density at radius 1 is 1.20 bits per heavy atom. The molecule has 1 saturated carbocycles. The number of fused-ring (bicyclic) bond motifs is 1. The first kappa shape index (κ1) is 5.56. The van der Waals surface area contributed by atoms with Crippen LogP contribution in [-0.2, 0) is 9.47 Å². The van der Waals surface area contributed by atoms with Gasteiger partial charge in [0, 0.05) is 5.92 Å². The van der Waals surface area contributed by atoms with Crippen molar-refractivity contribution in [2.75, 3.05) is 6.61 Å². The molecule has 2 bridgehead atoms. The van der Waals surface area contributed by atoms with Gasteiger partial charge in [0.1, 0.15) is 0 Å². The van der Waals surface area contributed by atoms with Gasteiger partial charge < -0.3 is 9.47 Å². The van der Waals surface area contributed by atoms with E-state index in [2.05, 4.69) is 0 Å². The predicted molar refractivity (Wildman–Crippen MR) is 35.4 cm³/mol. The largest absolute Gasteiger partial charge is 0.352 e. The molecular weight excluding hydrogens is 128 g/mol. The van der Waals surface area contributed by atoms with Gasteiger partial charge in [-0.25, -0.2) is 0 Å². The smallest absolute Gasteiger partial charge is 0.161 e. The summed E-state index contributed by atoms with van der Waals surface area (Å²) in [7, 11) is 0. The lowest BCUT2D eigenvalue weighted by Crippen LogP contribution is -2.20. The molecule has 10 heavy (non-hydrogen) atoms. The van der Waals surface area contributed by atoms with Crippen molar-refractivity contribution >= 4 is 0 Å². The van der Waals surface area contributed by atoms with Crippen molar-refractivity contribution < 1.29 is 9.47 Å². The normalized spacial score (nSPS) is 57.6. The summed E-state index contributed by atoms with van der Waals surface area (Å²) in [5.74, 6) is 1.60. The minimum atomic E-state index is 0.192. The molecular formula is C8H12O2. The molecule has 2 heteroatoms. The Kier molecular flexibility index (Phi) is 0.968. The molecule has 3 fully saturated rings. The summed E-state index contributed by atoms with van der Waals surface area (Å²) in [5.41, 5.74) is 0. The van der Waals surface area contributed by atoms with Crippen molar-refractivity contribution in [3.8, 4) is 0 Å². The van der Waals surface area contributed by atoms with Crippen molar-refractivity contribution in [1.82, 2.24) is 0 Å². The molecule has 0 aromatic carbocycles. The second-order valence-corrected chi connectivity index (χ2v) is 3.70. The number of rotatable bonds is 0. The molecule has 1 unspecified atom stereocenters. The molecule has 1 aliphatic carbocycles. The predicted octanol–water partition coefficient (Wildman–Crippen LogP) is 1.16. The van der Waals surface area contributed by atoms with E-state index in [9.17, 15) is 0 Å². The van der Waals surface area contributed by atoms with E-state index in [1.54, 1.807) is 0 Å². The Balaban J connectivity index is 1.94. The maximum absolute atomic E-state index is 5.65. The topological polar surface area (TPSA) is 18.5 Å². The van der Waals surface area contributed by atoms with Gasteiger partial charge in [0.2, 0.25) is 0 Å². The molecule has 2 aliphatic heterocycles. The second kappa shape index (κ2) is 1.74. The molecule has 56 valence electrons. The molecule has 2 heterocycles. The summed E-state index contributed by atoms with van der Waals surface area (Å²) >= 11 is 0. The van der Waals surface area contributed by atoms with Crippen LogP contribution in [0.2, 0.25) is 0 Å². The molecule has 2 nitrogen and oxygen atoms in total. The highest BCUT2D eigenvalue weighted by Crippen LogP contribution is 2.46. The Morgan fingerprint density at radius 2 is 2.20 bits per heavy atom. The fourth-order valence-corrected chi connectivity index (χ4v) is 2.56. The molecule has 0 N–H and O–H groups in total. The number of ether oxygens (including phenoxy) is 2. The minimum Gasteiger partial charge on any atom is -0.352 e. The average molecular weight is 140 g/mol. The zero-order chi connectivity index (χ0) is 6.55. The van der Waals surface area contributed by atoms with Crippen molar-refractivity contribution in [3.05, 3.63) is 0 Å². The van der Waals surface area contributed by atoms with Crippen LogP contribution in [0.25, 0.3) is 0 Å². The van der Waals surface area contributed by atoms with Gasteiger partial charge in [-0.2, -0.15) is 0 Å². The van der Waals surface area contributed by atoms with Gasteiger partial charge in [0.05, 0.1) is 12.7 Å². The SMILES string of the molecule is C1C[C@@H]2CO[C@@H]3OC1C[C@H]23. The van der Waals surface area contributed by atoms with Gasteiger partial charge in [-0.1, -0.05) is 0 Å². The Morgan fingerprint density at radius 3 is 3.20 bits per heavy atom. The first-order chi connectivity index (χ1) is 4.93. The Bertz CT molecular complexity index is 149. The quantitative estimate of drug-likeness (QED) is 0.502. The first-order valence-electron chi connectivity index (χ1n) is 4.20. The highest BCUT2D eigenvalue weighted by atomic mass is 16.7. The lowest BCUT2D eigenvalue weighted by Gasteiger charge is -2.21. The number of hydrogen-bond donors (Lipinski definition) is 0. The van der Waals surface area contributed by atoms with E-state index in [0.29, 0.717) is 6.10 Å². The van der Waals surface area contributed by atoms with Crippen LogP contribution in [0.1, 0.15) is 19.3 Å². The number of hydrogen-bond acceptors (Lipinski definition) is 2.